The molecular formula is C16H17F3N6O. The number of aromatic nitrogens is 4. The average molecular weight is 366 g/mol. The molecule has 0 saturated heterocycles. The van der Waals surface area contributed by atoms with Crippen LogP contribution < -0.4 is 10.2 Å². The van der Waals surface area contributed by atoms with Crippen molar-refractivity contribution in [1.82, 2.24) is 25.3 Å². The Bertz CT molecular complexity index is 803. The molecule has 0 atom stereocenters. The third kappa shape index (κ3) is 5.50. The Morgan fingerprint density at radius 2 is 1.88 bits per heavy atom. The maximum absolute atomic E-state index is 12.7. The highest BCUT2D eigenvalue weighted by Crippen LogP contribution is 2.27. The van der Waals surface area contributed by atoms with Crippen LogP contribution in [0.1, 0.15) is 22.8 Å². The molecular weight excluding hydrogens is 349 g/mol. The number of rotatable bonds is 5. The molecule has 1 N–H and O–H groups in total. The van der Waals surface area contributed by atoms with Gasteiger partial charge in [-0.25, -0.2) is 19.9 Å². The summed E-state index contributed by atoms with van der Waals surface area (Å²) in [5.41, 5.74) is -0.259. The van der Waals surface area contributed by atoms with E-state index >= 15 is 0 Å². The second-order valence-corrected chi connectivity index (χ2v) is 5.57. The van der Waals surface area contributed by atoms with Gasteiger partial charge in [-0.05, 0) is 19.1 Å². The minimum atomic E-state index is -4.56. The van der Waals surface area contributed by atoms with Gasteiger partial charge in [0.2, 0.25) is 11.9 Å². The number of halogens is 3. The highest BCUT2D eigenvalue weighted by molar-refractivity contribution is 5.91. The van der Waals surface area contributed by atoms with Gasteiger partial charge in [0.1, 0.15) is 11.5 Å². The smallest absolute Gasteiger partial charge is 0.347 e. The second kappa shape index (κ2) is 7.89. The number of hydrogen-bond acceptors (Lipinski definition) is 6. The molecule has 0 spiro atoms. The molecule has 26 heavy (non-hydrogen) atoms. The number of hydrogen-bond donors (Lipinski definition) is 1. The molecule has 0 aromatic carbocycles. The normalized spacial score (nSPS) is 11.6. The molecule has 0 aliphatic rings. The van der Waals surface area contributed by atoms with E-state index in [0.717, 1.165) is 6.07 Å². The fourth-order valence-electron chi connectivity index (χ4n) is 1.90. The first-order valence-corrected chi connectivity index (χ1v) is 7.52. The van der Waals surface area contributed by atoms with Crippen LogP contribution in [0.2, 0.25) is 0 Å². The zero-order chi connectivity index (χ0) is 19.3. The van der Waals surface area contributed by atoms with Gasteiger partial charge in [0, 0.05) is 43.8 Å². The van der Waals surface area contributed by atoms with Crippen LogP contribution >= 0.6 is 0 Å². The highest BCUT2D eigenvalue weighted by atomic mass is 19.4. The number of carbonyl (C=O) groups excluding carboxylic acids is 1. The van der Waals surface area contributed by atoms with Gasteiger partial charge >= 0.3 is 6.18 Å². The summed E-state index contributed by atoms with van der Waals surface area (Å²) in [4.78, 5) is 29.0. The van der Waals surface area contributed by atoms with Gasteiger partial charge < -0.3 is 10.2 Å². The van der Waals surface area contributed by atoms with Crippen molar-refractivity contribution >= 4 is 17.9 Å². The van der Waals surface area contributed by atoms with E-state index in [4.69, 9.17) is 0 Å². The SMILES string of the molecule is Cc1cc(C(F)(F)F)nc(CNC(=O)C=Cc2cnc(N(C)C)nc2)n1. The lowest BCUT2D eigenvalue weighted by Gasteiger charge is -2.09. The molecule has 0 aliphatic heterocycles. The van der Waals surface area contributed by atoms with Crippen LogP contribution in [0.15, 0.2) is 24.5 Å². The van der Waals surface area contributed by atoms with Crippen LogP contribution in [-0.2, 0) is 17.5 Å². The van der Waals surface area contributed by atoms with Crippen molar-refractivity contribution in [2.45, 2.75) is 19.6 Å². The van der Waals surface area contributed by atoms with Crippen LogP contribution in [0.4, 0.5) is 19.1 Å². The first kappa shape index (κ1) is 19.3. The number of carbonyl (C=O) groups is 1. The lowest BCUT2D eigenvalue weighted by molar-refractivity contribution is -0.141. The van der Waals surface area contributed by atoms with E-state index in [0.29, 0.717) is 11.5 Å². The number of nitrogens with one attached hydrogen (secondary N) is 1. The van der Waals surface area contributed by atoms with Crippen LogP contribution in [0.5, 0.6) is 0 Å². The van der Waals surface area contributed by atoms with Crippen LogP contribution in [0.3, 0.4) is 0 Å². The Morgan fingerprint density at radius 1 is 1.23 bits per heavy atom. The minimum absolute atomic E-state index is 0.113. The second-order valence-electron chi connectivity index (χ2n) is 5.57. The number of nitrogens with zero attached hydrogens (tertiary/aromatic N) is 5. The predicted octanol–water partition coefficient (Wildman–Crippen LogP) is 1.99. The van der Waals surface area contributed by atoms with Crippen LogP contribution in [0.25, 0.3) is 6.08 Å². The van der Waals surface area contributed by atoms with E-state index in [9.17, 15) is 18.0 Å². The molecule has 2 aromatic heterocycles. The molecule has 10 heteroatoms. The fraction of sp³-hybridized carbons (Fsp3) is 0.312. The maximum atomic E-state index is 12.7. The topological polar surface area (TPSA) is 83.9 Å². The third-order valence-electron chi connectivity index (χ3n) is 3.10. The summed E-state index contributed by atoms with van der Waals surface area (Å²) in [6.45, 7) is 1.21. The van der Waals surface area contributed by atoms with Gasteiger partial charge in [-0.15, -0.1) is 0 Å². The van der Waals surface area contributed by atoms with E-state index in [1.54, 1.807) is 31.4 Å². The van der Waals surface area contributed by atoms with Crippen molar-refractivity contribution in [1.29, 1.82) is 0 Å². The quantitative estimate of drug-likeness (QED) is 0.815. The standard InChI is InChI=1S/C16H17F3N6O/c1-10-6-12(16(17,18)19)24-13(23-10)9-20-14(26)5-4-11-7-21-15(22-8-11)25(2)3/h4-8H,9H2,1-3H3,(H,20,26). The zero-order valence-electron chi connectivity index (χ0n) is 14.4. The Labute approximate surface area is 148 Å². The summed E-state index contributed by atoms with van der Waals surface area (Å²) in [5, 5.41) is 2.44. The molecule has 0 saturated carbocycles. The minimum Gasteiger partial charge on any atom is -0.347 e. The van der Waals surface area contributed by atoms with Crippen molar-refractivity contribution in [2.75, 3.05) is 19.0 Å². The highest BCUT2D eigenvalue weighted by Gasteiger charge is 2.33. The van der Waals surface area contributed by atoms with Gasteiger partial charge in [-0.1, -0.05) is 0 Å². The molecule has 0 radical (unpaired) electrons. The van der Waals surface area contributed by atoms with Crippen molar-refractivity contribution < 1.29 is 18.0 Å². The first-order chi connectivity index (χ1) is 12.1. The average Bonchev–Trinajstić information content (AvgIpc) is 2.57. The fourth-order valence-corrected chi connectivity index (χ4v) is 1.90. The Balaban J connectivity index is 1.97. The molecule has 0 unspecified atom stereocenters. The molecule has 0 aliphatic carbocycles. The Morgan fingerprint density at radius 3 is 2.46 bits per heavy atom. The number of aryl methyl sites for hydroxylation is 1. The van der Waals surface area contributed by atoms with Crippen LogP contribution in [-0.4, -0.2) is 39.9 Å². The maximum Gasteiger partial charge on any atom is 0.433 e. The lowest BCUT2D eigenvalue weighted by atomic mass is 10.3. The largest absolute Gasteiger partial charge is 0.433 e. The third-order valence-corrected chi connectivity index (χ3v) is 3.10. The van der Waals surface area contributed by atoms with Crippen molar-refractivity contribution in [3.8, 4) is 0 Å². The Hall–Kier alpha value is -3.04. The first-order valence-electron chi connectivity index (χ1n) is 7.52. The van der Waals surface area contributed by atoms with E-state index < -0.39 is 17.8 Å². The number of alkyl halides is 3. The van der Waals surface area contributed by atoms with E-state index in [2.05, 4.69) is 25.3 Å². The van der Waals surface area contributed by atoms with E-state index in [1.165, 1.54) is 19.1 Å². The van der Waals surface area contributed by atoms with E-state index in [-0.39, 0.29) is 18.1 Å². The molecule has 2 heterocycles. The summed E-state index contributed by atoms with van der Waals surface area (Å²) < 4.78 is 38.2. The Kier molecular flexibility index (Phi) is 5.86. The molecule has 0 fully saturated rings. The summed E-state index contributed by atoms with van der Waals surface area (Å²) >= 11 is 0. The summed E-state index contributed by atoms with van der Waals surface area (Å²) in [7, 11) is 3.60. The summed E-state index contributed by atoms with van der Waals surface area (Å²) in [6, 6.07) is 0.850. The molecule has 7 nitrogen and oxygen atoms in total. The van der Waals surface area contributed by atoms with Crippen molar-refractivity contribution in [3.63, 3.8) is 0 Å². The number of amides is 1. The number of anilines is 1. The van der Waals surface area contributed by atoms with Crippen molar-refractivity contribution in [2.24, 2.45) is 0 Å². The molecule has 0 bridgehead atoms. The summed E-state index contributed by atoms with van der Waals surface area (Å²) in [6.07, 6.45) is 1.25. The monoisotopic (exact) mass is 366 g/mol. The lowest BCUT2D eigenvalue weighted by Crippen LogP contribution is -2.23. The predicted molar refractivity (Wildman–Crippen MR) is 89.0 cm³/mol. The molecule has 2 rings (SSSR count). The van der Waals surface area contributed by atoms with Gasteiger partial charge in [-0.2, -0.15) is 13.2 Å². The van der Waals surface area contributed by atoms with Gasteiger partial charge in [0.15, 0.2) is 0 Å². The molecule has 138 valence electrons. The summed E-state index contributed by atoms with van der Waals surface area (Å²) in [5.74, 6) is -0.0817. The molecule has 1 amide bonds. The van der Waals surface area contributed by atoms with Gasteiger partial charge in [0.25, 0.3) is 0 Å². The van der Waals surface area contributed by atoms with E-state index in [1.807, 2.05) is 0 Å². The van der Waals surface area contributed by atoms with Crippen molar-refractivity contribution in [3.05, 3.63) is 47.3 Å². The van der Waals surface area contributed by atoms with Gasteiger partial charge in [0.05, 0.1) is 6.54 Å². The van der Waals surface area contributed by atoms with Crippen LogP contribution in [0, 0.1) is 6.92 Å². The van der Waals surface area contributed by atoms with Gasteiger partial charge in [-0.3, -0.25) is 4.79 Å². The zero-order valence-corrected chi connectivity index (χ0v) is 14.4. The molecule has 2 aromatic rings.